The number of nitrogens with zero attached hydrogens (tertiary/aromatic N) is 3. The SMILES string of the molecule is Cc1cc(N2CCC(C)C(Cl)C2)nc(C(C)C)n1. The highest BCUT2D eigenvalue weighted by Gasteiger charge is 2.25. The van der Waals surface area contributed by atoms with E-state index < -0.39 is 0 Å². The highest BCUT2D eigenvalue weighted by atomic mass is 35.5. The number of rotatable bonds is 2. The van der Waals surface area contributed by atoms with Gasteiger partial charge in [0.15, 0.2) is 0 Å². The number of hydrogen-bond acceptors (Lipinski definition) is 3. The van der Waals surface area contributed by atoms with Gasteiger partial charge in [0.1, 0.15) is 11.6 Å². The summed E-state index contributed by atoms with van der Waals surface area (Å²) < 4.78 is 0. The first-order chi connectivity index (χ1) is 8.47. The van der Waals surface area contributed by atoms with Crippen molar-refractivity contribution >= 4 is 17.4 Å². The number of aromatic nitrogens is 2. The maximum absolute atomic E-state index is 6.37. The molecule has 2 atom stereocenters. The number of alkyl halides is 1. The van der Waals surface area contributed by atoms with Crippen molar-refractivity contribution in [3.05, 3.63) is 17.6 Å². The molecular weight excluding hydrogens is 246 g/mol. The fourth-order valence-electron chi connectivity index (χ4n) is 2.22. The fraction of sp³-hybridized carbons (Fsp3) is 0.714. The third kappa shape index (κ3) is 2.94. The van der Waals surface area contributed by atoms with E-state index in [1.54, 1.807) is 0 Å². The average molecular weight is 268 g/mol. The molecule has 2 heterocycles. The van der Waals surface area contributed by atoms with Crippen molar-refractivity contribution in [1.82, 2.24) is 9.97 Å². The van der Waals surface area contributed by atoms with Crippen LogP contribution in [-0.2, 0) is 0 Å². The van der Waals surface area contributed by atoms with E-state index in [9.17, 15) is 0 Å². The second-order valence-corrected chi connectivity index (χ2v) is 6.17. The van der Waals surface area contributed by atoms with Gasteiger partial charge in [-0.05, 0) is 19.3 Å². The molecule has 3 nitrogen and oxygen atoms in total. The molecule has 0 aromatic carbocycles. The molecule has 18 heavy (non-hydrogen) atoms. The molecule has 0 radical (unpaired) electrons. The van der Waals surface area contributed by atoms with Gasteiger partial charge in [0.05, 0.1) is 5.38 Å². The van der Waals surface area contributed by atoms with Crippen LogP contribution >= 0.6 is 11.6 Å². The van der Waals surface area contributed by atoms with Gasteiger partial charge in [-0.15, -0.1) is 11.6 Å². The van der Waals surface area contributed by atoms with Gasteiger partial charge in [-0.2, -0.15) is 0 Å². The zero-order valence-corrected chi connectivity index (χ0v) is 12.4. The van der Waals surface area contributed by atoms with Gasteiger partial charge >= 0.3 is 0 Å². The van der Waals surface area contributed by atoms with Gasteiger partial charge in [0.2, 0.25) is 0 Å². The molecule has 0 aliphatic carbocycles. The van der Waals surface area contributed by atoms with Gasteiger partial charge in [-0.25, -0.2) is 9.97 Å². The standard InChI is InChI=1S/C14H22ClN3/c1-9(2)14-16-11(4)7-13(17-14)18-6-5-10(3)12(15)8-18/h7,9-10,12H,5-6,8H2,1-4H3. The van der Waals surface area contributed by atoms with E-state index in [2.05, 4.69) is 41.7 Å². The molecule has 1 aromatic rings. The molecule has 1 aliphatic heterocycles. The average Bonchev–Trinajstić information content (AvgIpc) is 2.31. The summed E-state index contributed by atoms with van der Waals surface area (Å²) in [5, 5.41) is 0.219. The molecule has 1 aromatic heterocycles. The molecular formula is C14H22ClN3. The molecule has 1 saturated heterocycles. The summed E-state index contributed by atoms with van der Waals surface area (Å²) in [6.45, 7) is 10.4. The Morgan fingerprint density at radius 2 is 2.11 bits per heavy atom. The Labute approximate surface area is 115 Å². The molecule has 4 heteroatoms. The molecule has 0 bridgehead atoms. The largest absolute Gasteiger partial charge is 0.355 e. The minimum Gasteiger partial charge on any atom is -0.355 e. The van der Waals surface area contributed by atoms with Crippen LogP contribution in [0.15, 0.2) is 6.07 Å². The van der Waals surface area contributed by atoms with Crippen molar-refractivity contribution in [1.29, 1.82) is 0 Å². The Kier molecular flexibility index (Phi) is 4.10. The summed E-state index contributed by atoms with van der Waals surface area (Å²) in [5.74, 6) is 2.91. The van der Waals surface area contributed by atoms with Gasteiger partial charge in [-0.1, -0.05) is 20.8 Å². The smallest absolute Gasteiger partial charge is 0.133 e. The maximum Gasteiger partial charge on any atom is 0.133 e. The summed E-state index contributed by atoms with van der Waals surface area (Å²) in [6, 6.07) is 2.06. The minimum absolute atomic E-state index is 0.219. The van der Waals surface area contributed by atoms with Crippen molar-refractivity contribution < 1.29 is 0 Å². The molecule has 0 amide bonds. The van der Waals surface area contributed by atoms with E-state index in [-0.39, 0.29) is 5.38 Å². The van der Waals surface area contributed by atoms with Crippen LogP contribution < -0.4 is 4.90 Å². The van der Waals surface area contributed by atoms with Gasteiger partial charge in [0.25, 0.3) is 0 Å². The van der Waals surface area contributed by atoms with Crippen LogP contribution in [0.5, 0.6) is 0 Å². The molecule has 0 saturated carbocycles. The highest BCUT2D eigenvalue weighted by molar-refractivity contribution is 6.21. The van der Waals surface area contributed by atoms with E-state index in [0.717, 1.165) is 36.8 Å². The van der Waals surface area contributed by atoms with E-state index in [4.69, 9.17) is 11.6 Å². The molecule has 2 unspecified atom stereocenters. The molecule has 1 fully saturated rings. The Hall–Kier alpha value is -0.830. The van der Waals surface area contributed by atoms with Crippen LogP contribution in [0.3, 0.4) is 0 Å². The van der Waals surface area contributed by atoms with Crippen molar-refractivity contribution in [3.63, 3.8) is 0 Å². The van der Waals surface area contributed by atoms with Crippen molar-refractivity contribution in [2.24, 2.45) is 5.92 Å². The summed E-state index contributed by atoms with van der Waals surface area (Å²) in [4.78, 5) is 11.5. The van der Waals surface area contributed by atoms with E-state index in [1.165, 1.54) is 0 Å². The van der Waals surface area contributed by atoms with Crippen LogP contribution in [0.2, 0.25) is 0 Å². The van der Waals surface area contributed by atoms with Crippen molar-refractivity contribution in [2.75, 3.05) is 18.0 Å². The zero-order chi connectivity index (χ0) is 13.3. The lowest BCUT2D eigenvalue weighted by Gasteiger charge is -2.35. The molecule has 100 valence electrons. The fourth-order valence-corrected chi connectivity index (χ4v) is 2.52. The van der Waals surface area contributed by atoms with Crippen molar-refractivity contribution in [3.8, 4) is 0 Å². The van der Waals surface area contributed by atoms with Crippen molar-refractivity contribution in [2.45, 2.75) is 45.4 Å². The second kappa shape index (κ2) is 5.43. The predicted octanol–water partition coefficient (Wildman–Crippen LogP) is 3.36. The topological polar surface area (TPSA) is 29.0 Å². The number of piperidine rings is 1. The first-order valence-corrected chi connectivity index (χ1v) is 7.15. The van der Waals surface area contributed by atoms with E-state index >= 15 is 0 Å². The molecule has 2 rings (SSSR count). The first kappa shape index (κ1) is 13.6. The third-order valence-corrected chi connectivity index (χ3v) is 4.13. The van der Waals surface area contributed by atoms with Crippen LogP contribution in [0.1, 0.15) is 44.6 Å². The van der Waals surface area contributed by atoms with Crippen LogP contribution in [0, 0.1) is 12.8 Å². The zero-order valence-electron chi connectivity index (χ0n) is 11.7. The lowest BCUT2D eigenvalue weighted by atomic mass is 9.98. The summed E-state index contributed by atoms with van der Waals surface area (Å²) in [6.07, 6.45) is 1.13. The quantitative estimate of drug-likeness (QED) is 0.770. The Balaban J connectivity index is 2.23. The highest BCUT2D eigenvalue weighted by Crippen LogP contribution is 2.26. The summed E-state index contributed by atoms with van der Waals surface area (Å²) >= 11 is 6.37. The number of hydrogen-bond donors (Lipinski definition) is 0. The normalized spacial score (nSPS) is 24.7. The van der Waals surface area contributed by atoms with Gasteiger partial charge in [0, 0.05) is 30.8 Å². The van der Waals surface area contributed by atoms with Crippen LogP contribution in [0.4, 0.5) is 5.82 Å². The van der Waals surface area contributed by atoms with Gasteiger partial charge < -0.3 is 4.90 Å². The van der Waals surface area contributed by atoms with Gasteiger partial charge in [-0.3, -0.25) is 0 Å². The first-order valence-electron chi connectivity index (χ1n) is 6.72. The summed E-state index contributed by atoms with van der Waals surface area (Å²) in [7, 11) is 0. The molecule has 1 aliphatic rings. The second-order valence-electron chi connectivity index (χ2n) is 5.61. The number of aryl methyl sites for hydroxylation is 1. The minimum atomic E-state index is 0.219. The van der Waals surface area contributed by atoms with E-state index in [1.807, 2.05) is 6.92 Å². The van der Waals surface area contributed by atoms with Crippen LogP contribution in [0.25, 0.3) is 0 Å². The molecule has 0 spiro atoms. The Morgan fingerprint density at radius 3 is 2.72 bits per heavy atom. The predicted molar refractivity (Wildman–Crippen MR) is 76.5 cm³/mol. The number of halogens is 1. The monoisotopic (exact) mass is 267 g/mol. The third-order valence-electron chi connectivity index (χ3n) is 3.56. The molecule has 0 N–H and O–H groups in total. The summed E-state index contributed by atoms with van der Waals surface area (Å²) in [5.41, 5.74) is 1.04. The lowest BCUT2D eigenvalue weighted by molar-refractivity contribution is 0.443. The Bertz CT molecular complexity index is 420. The van der Waals surface area contributed by atoms with E-state index in [0.29, 0.717) is 11.8 Å². The maximum atomic E-state index is 6.37. The van der Waals surface area contributed by atoms with Crippen LogP contribution in [-0.4, -0.2) is 28.4 Å². The number of anilines is 1. The lowest BCUT2D eigenvalue weighted by Crippen LogP contribution is -2.41. The Morgan fingerprint density at radius 1 is 1.39 bits per heavy atom.